The molecule has 22 heavy (non-hydrogen) atoms. The molecule has 0 aliphatic rings. The van der Waals surface area contributed by atoms with E-state index in [0.717, 1.165) is 5.52 Å². The first-order valence-corrected chi connectivity index (χ1v) is 6.79. The van der Waals surface area contributed by atoms with E-state index in [4.69, 9.17) is 0 Å². The summed E-state index contributed by atoms with van der Waals surface area (Å²) in [6, 6.07) is 14.2. The molecule has 0 aliphatic carbocycles. The molecule has 0 saturated carbocycles. The van der Waals surface area contributed by atoms with Gasteiger partial charge in [0.25, 0.3) is 5.91 Å². The van der Waals surface area contributed by atoms with E-state index in [1.165, 1.54) is 0 Å². The van der Waals surface area contributed by atoms with Crippen molar-refractivity contribution in [1.82, 2.24) is 14.9 Å². The van der Waals surface area contributed by atoms with Crippen molar-refractivity contribution in [3.05, 3.63) is 66.5 Å². The van der Waals surface area contributed by atoms with Crippen LogP contribution in [-0.4, -0.2) is 28.0 Å². The second-order valence-corrected chi connectivity index (χ2v) is 4.71. The molecule has 0 saturated heterocycles. The lowest BCUT2D eigenvalue weighted by atomic mass is 10.2. The Hall–Kier alpha value is -3.15. The first-order valence-electron chi connectivity index (χ1n) is 6.79. The quantitative estimate of drug-likeness (QED) is 0.769. The zero-order chi connectivity index (χ0) is 15.4. The molecule has 3 aromatic rings. The number of pyridine rings is 1. The minimum absolute atomic E-state index is 0.0851. The third-order valence-corrected chi connectivity index (χ3v) is 3.13. The number of fused-ring (bicyclic) bond motifs is 1. The minimum atomic E-state index is -0.284. The van der Waals surface area contributed by atoms with Crippen LogP contribution in [0, 0.1) is 0 Å². The van der Waals surface area contributed by atoms with Crippen molar-refractivity contribution in [2.24, 2.45) is 0 Å². The number of aromatic nitrogens is 2. The SMILES string of the molecule is O=C(CNC(=O)c1ccccc1)Nc1ccn2nccc2c1. The van der Waals surface area contributed by atoms with Crippen molar-refractivity contribution in [1.29, 1.82) is 0 Å². The van der Waals surface area contributed by atoms with Crippen molar-refractivity contribution >= 4 is 23.0 Å². The van der Waals surface area contributed by atoms with Crippen LogP contribution in [0.3, 0.4) is 0 Å². The van der Waals surface area contributed by atoms with Crippen molar-refractivity contribution in [2.45, 2.75) is 0 Å². The smallest absolute Gasteiger partial charge is 0.251 e. The van der Waals surface area contributed by atoms with E-state index in [9.17, 15) is 9.59 Å². The average molecular weight is 294 g/mol. The number of nitrogens with zero attached hydrogens (tertiary/aromatic N) is 2. The number of carbonyl (C=O) groups is 2. The highest BCUT2D eigenvalue weighted by Crippen LogP contribution is 2.10. The van der Waals surface area contributed by atoms with Gasteiger partial charge in [-0.25, -0.2) is 4.52 Å². The Kier molecular flexibility index (Phi) is 3.82. The van der Waals surface area contributed by atoms with Gasteiger partial charge in [-0.3, -0.25) is 9.59 Å². The molecule has 0 atom stereocenters. The van der Waals surface area contributed by atoms with Crippen LogP contribution in [0.5, 0.6) is 0 Å². The van der Waals surface area contributed by atoms with Crippen LogP contribution < -0.4 is 10.6 Å². The normalized spacial score (nSPS) is 10.4. The molecular formula is C16H14N4O2. The molecule has 0 aliphatic heterocycles. The molecule has 2 heterocycles. The second-order valence-electron chi connectivity index (χ2n) is 4.71. The largest absolute Gasteiger partial charge is 0.343 e. The Bertz CT molecular complexity index is 811. The Morgan fingerprint density at radius 2 is 1.91 bits per heavy atom. The van der Waals surface area contributed by atoms with Gasteiger partial charge in [-0.05, 0) is 30.3 Å². The molecule has 0 spiro atoms. The lowest BCUT2D eigenvalue weighted by molar-refractivity contribution is -0.115. The number of rotatable bonds is 4. The number of amides is 2. The van der Waals surface area contributed by atoms with Gasteiger partial charge in [0.1, 0.15) is 0 Å². The third-order valence-electron chi connectivity index (χ3n) is 3.13. The maximum atomic E-state index is 11.9. The van der Waals surface area contributed by atoms with Crippen LogP contribution in [0.2, 0.25) is 0 Å². The van der Waals surface area contributed by atoms with Crippen LogP contribution >= 0.6 is 0 Å². The molecule has 1 aromatic carbocycles. The fourth-order valence-corrected chi connectivity index (χ4v) is 2.06. The summed E-state index contributed by atoms with van der Waals surface area (Å²) < 4.78 is 1.70. The van der Waals surface area contributed by atoms with Gasteiger partial charge in [-0.1, -0.05) is 18.2 Å². The maximum absolute atomic E-state index is 11.9. The summed E-state index contributed by atoms with van der Waals surface area (Å²) in [5, 5.41) is 9.40. The standard InChI is InChI=1S/C16H14N4O2/c21-15(11-17-16(22)12-4-2-1-3-5-12)19-13-7-9-20-14(10-13)6-8-18-20/h1-10H,11H2,(H,17,22)(H,19,21). The molecule has 2 amide bonds. The van der Waals surface area contributed by atoms with Crippen LogP contribution in [0.15, 0.2) is 60.9 Å². The number of anilines is 1. The predicted octanol–water partition coefficient (Wildman–Crippen LogP) is 1.70. The molecule has 0 fully saturated rings. The third kappa shape index (κ3) is 3.12. The molecule has 6 heteroatoms. The molecular weight excluding hydrogens is 280 g/mol. The molecule has 3 rings (SSSR count). The van der Waals surface area contributed by atoms with E-state index >= 15 is 0 Å². The van der Waals surface area contributed by atoms with E-state index in [1.807, 2.05) is 18.2 Å². The van der Waals surface area contributed by atoms with Crippen LogP contribution in [-0.2, 0) is 4.79 Å². The molecule has 0 unspecified atom stereocenters. The molecule has 2 N–H and O–H groups in total. The van der Waals surface area contributed by atoms with E-state index in [-0.39, 0.29) is 18.4 Å². The minimum Gasteiger partial charge on any atom is -0.343 e. The summed E-state index contributed by atoms with van der Waals surface area (Å²) >= 11 is 0. The summed E-state index contributed by atoms with van der Waals surface area (Å²) in [7, 11) is 0. The number of hydrogen-bond acceptors (Lipinski definition) is 3. The van der Waals surface area contributed by atoms with E-state index in [0.29, 0.717) is 11.3 Å². The Labute approximate surface area is 126 Å². The average Bonchev–Trinajstić information content (AvgIpc) is 3.01. The van der Waals surface area contributed by atoms with Gasteiger partial charge in [0, 0.05) is 23.6 Å². The van der Waals surface area contributed by atoms with Crippen LogP contribution in [0.4, 0.5) is 5.69 Å². The van der Waals surface area contributed by atoms with Gasteiger partial charge < -0.3 is 10.6 Å². The van der Waals surface area contributed by atoms with Gasteiger partial charge in [0.15, 0.2) is 0 Å². The Morgan fingerprint density at radius 3 is 2.73 bits per heavy atom. The first kappa shape index (κ1) is 13.8. The summed E-state index contributed by atoms with van der Waals surface area (Å²) in [6.45, 7) is -0.0851. The van der Waals surface area contributed by atoms with E-state index in [2.05, 4.69) is 15.7 Å². The lowest BCUT2D eigenvalue weighted by Crippen LogP contribution is -2.32. The molecule has 110 valence electrons. The highest BCUT2D eigenvalue weighted by molar-refractivity contribution is 5.99. The van der Waals surface area contributed by atoms with Gasteiger partial charge in [0.2, 0.25) is 5.91 Å². The van der Waals surface area contributed by atoms with Gasteiger partial charge in [-0.15, -0.1) is 0 Å². The van der Waals surface area contributed by atoms with Crippen molar-refractivity contribution in [3.63, 3.8) is 0 Å². The highest BCUT2D eigenvalue weighted by Gasteiger charge is 2.08. The lowest BCUT2D eigenvalue weighted by Gasteiger charge is -2.07. The van der Waals surface area contributed by atoms with Crippen LogP contribution in [0.25, 0.3) is 5.52 Å². The first-order chi connectivity index (χ1) is 10.7. The fourth-order valence-electron chi connectivity index (χ4n) is 2.06. The summed E-state index contributed by atoms with van der Waals surface area (Å²) in [5.41, 5.74) is 2.06. The Balaban J connectivity index is 1.57. The van der Waals surface area contributed by atoms with Crippen LogP contribution in [0.1, 0.15) is 10.4 Å². The molecule has 2 aromatic heterocycles. The predicted molar refractivity (Wildman–Crippen MR) is 82.6 cm³/mol. The Morgan fingerprint density at radius 1 is 1.09 bits per heavy atom. The number of hydrogen-bond donors (Lipinski definition) is 2. The van der Waals surface area contributed by atoms with Crippen molar-refractivity contribution in [2.75, 3.05) is 11.9 Å². The number of carbonyl (C=O) groups excluding carboxylic acids is 2. The summed E-state index contributed by atoms with van der Waals surface area (Å²) in [5.74, 6) is -0.560. The summed E-state index contributed by atoms with van der Waals surface area (Å²) in [6.07, 6.45) is 3.44. The highest BCUT2D eigenvalue weighted by atomic mass is 16.2. The fraction of sp³-hybridized carbons (Fsp3) is 0.0625. The zero-order valence-corrected chi connectivity index (χ0v) is 11.7. The number of benzene rings is 1. The molecule has 6 nitrogen and oxygen atoms in total. The summed E-state index contributed by atoms with van der Waals surface area (Å²) in [4.78, 5) is 23.7. The zero-order valence-electron chi connectivity index (χ0n) is 11.7. The molecule has 0 radical (unpaired) electrons. The monoisotopic (exact) mass is 294 g/mol. The maximum Gasteiger partial charge on any atom is 0.251 e. The number of nitrogens with one attached hydrogen (secondary N) is 2. The van der Waals surface area contributed by atoms with Crippen molar-refractivity contribution in [3.8, 4) is 0 Å². The molecule has 0 bridgehead atoms. The van der Waals surface area contributed by atoms with Crippen molar-refractivity contribution < 1.29 is 9.59 Å². The van der Waals surface area contributed by atoms with Gasteiger partial charge in [0.05, 0.1) is 12.1 Å². The van der Waals surface area contributed by atoms with E-state index in [1.54, 1.807) is 47.2 Å². The van der Waals surface area contributed by atoms with Gasteiger partial charge >= 0.3 is 0 Å². The van der Waals surface area contributed by atoms with Gasteiger partial charge in [-0.2, -0.15) is 5.10 Å². The topological polar surface area (TPSA) is 75.5 Å². The van der Waals surface area contributed by atoms with E-state index < -0.39 is 0 Å². The second kappa shape index (κ2) is 6.09.